The standard InChI is InChI=1S/C17H15BrCl3N3O2S/c1-26-13-9-5-4-8-12(13)22-16(27)24-15(17(19,20)21)23-14(25)10-6-2-3-7-11(10)18/h2-9,15H,1H3,(H,23,25)(H2,22,24,27)/t15-/m0/s1. The number of halogens is 4. The van der Waals surface area contributed by atoms with Crippen molar-refractivity contribution in [3.05, 3.63) is 58.6 Å². The van der Waals surface area contributed by atoms with Crippen LogP contribution in [0, 0.1) is 0 Å². The fraction of sp³-hybridized carbons (Fsp3) is 0.176. The summed E-state index contributed by atoms with van der Waals surface area (Å²) in [5.74, 6) is 0.149. The molecule has 0 radical (unpaired) electrons. The van der Waals surface area contributed by atoms with E-state index in [9.17, 15) is 4.79 Å². The van der Waals surface area contributed by atoms with Crippen LogP contribution in [-0.2, 0) is 0 Å². The summed E-state index contributed by atoms with van der Waals surface area (Å²) in [7, 11) is 1.54. The quantitative estimate of drug-likeness (QED) is 0.304. The van der Waals surface area contributed by atoms with Crippen molar-refractivity contribution in [1.82, 2.24) is 10.6 Å². The summed E-state index contributed by atoms with van der Waals surface area (Å²) in [5.41, 5.74) is 1.01. The van der Waals surface area contributed by atoms with Crippen molar-refractivity contribution in [2.24, 2.45) is 0 Å². The fourth-order valence-electron chi connectivity index (χ4n) is 2.09. The SMILES string of the molecule is COc1ccccc1NC(=S)N[C@H](NC(=O)c1ccccc1Br)C(Cl)(Cl)Cl. The Kier molecular flexibility index (Phi) is 8.00. The van der Waals surface area contributed by atoms with Crippen molar-refractivity contribution in [2.45, 2.75) is 9.96 Å². The number of methoxy groups -OCH3 is 1. The molecule has 0 bridgehead atoms. The van der Waals surface area contributed by atoms with Crippen LogP contribution in [0.4, 0.5) is 5.69 Å². The second-order valence-corrected chi connectivity index (χ2v) is 8.86. The number of para-hydroxylation sites is 2. The van der Waals surface area contributed by atoms with Gasteiger partial charge in [-0.1, -0.05) is 59.1 Å². The number of ether oxygens (including phenoxy) is 1. The Morgan fingerprint density at radius 1 is 1.11 bits per heavy atom. The lowest BCUT2D eigenvalue weighted by atomic mass is 10.2. The summed E-state index contributed by atoms with van der Waals surface area (Å²) in [5, 5.41) is 8.51. The van der Waals surface area contributed by atoms with Crippen LogP contribution in [0.15, 0.2) is 53.0 Å². The molecular formula is C17H15BrCl3N3O2S. The summed E-state index contributed by atoms with van der Waals surface area (Å²) < 4.78 is 4.00. The Bertz CT molecular complexity index is 833. The van der Waals surface area contributed by atoms with E-state index < -0.39 is 15.9 Å². The Hall–Kier alpha value is -1.25. The molecule has 0 spiro atoms. The number of thiocarbonyl (C=S) groups is 1. The minimum atomic E-state index is -1.86. The van der Waals surface area contributed by atoms with Crippen LogP contribution in [-0.4, -0.2) is 28.1 Å². The van der Waals surface area contributed by atoms with E-state index in [4.69, 9.17) is 51.8 Å². The maximum absolute atomic E-state index is 12.5. The maximum Gasteiger partial charge on any atom is 0.254 e. The van der Waals surface area contributed by atoms with Crippen LogP contribution in [0.5, 0.6) is 5.75 Å². The lowest BCUT2D eigenvalue weighted by Crippen LogP contribution is -2.56. The van der Waals surface area contributed by atoms with Crippen LogP contribution in [0.25, 0.3) is 0 Å². The summed E-state index contributed by atoms with van der Waals surface area (Å²) >= 11 is 26.6. The van der Waals surface area contributed by atoms with E-state index in [0.29, 0.717) is 21.5 Å². The van der Waals surface area contributed by atoms with Gasteiger partial charge in [-0.15, -0.1) is 0 Å². The van der Waals surface area contributed by atoms with Crippen molar-refractivity contribution in [3.63, 3.8) is 0 Å². The lowest BCUT2D eigenvalue weighted by molar-refractivity contribution is 0.0933. The zero-order chi connectivity index (χ0) is 20.0. The van der Waals surface area contributed by atoms with Crippen LogP contribution >= 0.6 is 63.0 Å². The molecule has 144 valence electrons. The molecule has 27 heavy (non-hydrogen) atoms. The Morgan fingerprint density at radius 3 is 2.37 bits per heavy atom. The van der Waals surface area contributed by atoms with Gasteiger partial charge in [-0.25, -0.2) is 0 Å². The lowest BCUT2D eigenvalue weighted by Gasteiger charge is -2.28. The average molecular weight is 512 g/mol. The van der Waals surface area contributed by atoms with E-state index in [0.717, 1.165) is 0 Å². The number of anilines is 1. The van der Waals surface area contributed by atoms with Gasteiger partial charge in [0.1, 0.15) is 11.9 Å². The van der Waals surface area contributed by atoms with Crippen molar-refractivity contribution in [1.29, 1.82) is 0 Å². The van der Waals surface area contributed by atoms with Crippen LogP contribution in [0.3, 0.4) is 0 Å². The van der Waals surface area contributed by atoms with Crippen LogP contribution < -0.4 is 20.7 Å². The first-order valence-electron chi connectivity index (χ1n) is 7.55. The summed E-state index contributed by atoms with van der Waals surface area (Å²) in [4.78, 5) is 12.5. The smallest absolute Gasteiger partial charge is 0.254 e. The molecule has 0 unspecified atom stereocenters. The van der Waals surface area contributed by atoms with Crippen molar-refractivity contribution in [3.8, 4) is 5.75 Å². The Morgan fingerprint density at radius 2 is 1.74 bits per heavy atom. The van der Waals surface area contributed by atoms with E-state index >= 15 is 0 Å². The van der Waals surface area contributed by atoms with Gasteiger partial charge in [-0.05, 0) is 52.4 Å². The maximum atomic E-state index is 12.5. The number of hydrogen-bond donors (Lipinski definition) is 3. The number of nitrogens with one attached hydrogen (secondary N) is 3. The molecule has 5 nitrogen and oxygen atoms in total. The molecular weight excluding hydrogens is 497 g/mol. The van der Waals surface area contributed by atoms with Gasteiger partial charge in [0.2, 0.25) is 3.79 Å². The first-order chi connectivity index (χ1) is 12.7. The minimum absolute atomic E-state index is 0.142. The molecule has 3 N–H and O–H groups in total. The van der Waals surface area contributed by atoms with Crippen LogP contribution in [0.2, 0.25) is 0 Å². The second kappa shape index (κ2) is 9.80. The molecule has 2 aromatic rings. The number of carbonyl (C=O) groups excluding carboxylic acids is 1. The molecule has 0 aliphatic heterocycles. The van der Waals surface area contributed by atoms with E-state index in [1.165, 1.54) is 0 Å². The topological polar surface area (TPSA) is 62.4 Å². The first-order valence-corrected chi connectivity index (χ1v) is 9.88. The van der Waals surface area contributed by atoms with Crippen LogP contribution in [0.1, 0.15) is 10.4 Å². The summed E-state index contributed by atoms with van der Waals surface area (Å²) in [6.07, 6.45) is -1.09. The molecule has 0 aliphatic carbocycles. The van der Waals surface area contributed by atoms with Gasteiger partial charge in [-0.2, -0.15) is 0 Å². The molecule has 2 rings (SSSR count). The molecule has 1 atom stereocenters. The van der Waals surface area contributed by atoms with Gasteiger partial charge in [0.15, 0.2) is 5.11 Å². The number of benzene rings is 2. The molecule has 1 amide bonds. The van der Waals surface area contributed by atoms with E-state index in [2.05, 4.69) is 31.9 Å². The van der Waals surface area contributed by atoms with E-state index in [-0.39, 0.29) is 5.11 Å². The molecule has 0 aromatic heterocycles. The van der Waals surface area contributed by atoms with Gasteiger partial charge in [0.25, 0.3) is 5.91 Å². The zero-order valence-corrected chi connectivity index (χ0v) is 18.6. The van der Waals surface area contributed by atoms with E-state index in [1.807, 2.05) is 12.1 Å². The molecule has 0 saturated heterocycles. The predicted octanol–water partition coefficient (Wildman–Crippen LogP) is 4.87. The average Bonchev–Trinajstić information content (AvgIpc) is 2.61. The van der Waals surface area contributed by atoms with Gasteiger partial charge in [0.05, 0.1) is 18.4 Å². The monoisotopic (exact) mass is 509 g/mol. The highest BCUT2D eigenvalue weighted by Crippen LogP contribution is 2.30. The van der Waals surface area contributed by atoms with Crippen molar-refractivity contribution in [2.75, 3.05) is 12.4 Å². The van der Waals surface area contributed by atoms with Crippen molar-refractivity contribution >= 4 is 79.7 Å². The molecule has 0 fully saturated rings. The van der Waals surface area contributed by atoms with Gasteiger partial charge in [-0.3, -0.25) is 4.79 Å². The van der Waals surface area contributed by atoms with E-state index in [1.54, 1.807) is 43.5 Å². The molecule has 0 heterocycles. The highest BCUT2D eigenvalue weighted by atomic mass is 79.9. The first kappa shape index (κ1) is 22.0. The second-order valence-electron chi connectivity index (χ2n) is 5.23. The third-order valence-electron chi connectivity index (χ3n) is 3.35. The zero-order valence-electron chi connectivity index (χ0n) is 13.9. The third-order valence-corrected chi connectivity index (χ3v) is 4.92. The third kappa shape index (κ3) is 6.40. The molecule has 0 aliphatic rings. The van der Waals surface area contributed by atoms with Gasteiger partial charge < -0.3 is 20.7 Å². The summed E-state index contributed by atoms with van der Waals surface area (Å²) in [6.45, 7) is 0. The number of amides is 1. The predicted molar refractivity (Wildman–Crippen MR) is 118 cm³/mol. The number of hydrogen-bond acceptors (Lipinski definition) is 3. The highest BCUT2D eigenvalue weighted by molar-refractivity contribution is 9.10. The number of alkyl halides is 3. The minimum Gasteiger partial charge on any atom is -0.495 e. The van der Waals surface area contributed by atoms with Crippen molar-refractivity contribution < 1.29 is 9.53 Å². The highest BCUT2D eigenvalue weighted by Gasteiger charge is 2.35. The number of carbonyl (C=O) groups is 1. The molecule has 0 saturated carbocycles. The fourth-order valence-corrected chi connectivity index (χ4v) is 3.11. The molecule has 10 heteroatoms. The Labute approximate surface area is 185 Å². The van der Waals surface area contributed by atoms with Gasteiger partial charge >= 0.3 is 0 Å². The van der Waals surface area contributed by atoms with Gasteiger partial charge in [0, 0.05) is 4.47 Å². The summed E-state index contributed by atoms with van der Waals surface area (Å²) in [6, 6.07) is 14.1. The normalized spacial score (nSPS) is 12.0. The molecule has 2 aromatic carbocycles. The Balaban J connectivity index is 2.12. The largest absolute Gasteiger partial charge is 0.495 e. The number of rotatable bonds is 5.